The molecule has 13 nitrogen and oxygen atoms in total. The molecule has 0 saturated carbocycles. The van der Waals surface area contributed by atoms with Crippen LogP contribution in [0.5, 0.6) is 0 Å². The van der Waals surface area contributed by atoms with E-state index in [0.717, 1.165) is 0 Å². The van der Waals surface area contributed by atoms with E-state index >= 15 is 0 Å². The molecule has 16 heteroatoms. The van der Waals surface area contributed by atoms with E-state index in [1.54, 1.807) is 0 Å². The van der Waals surface area contributed by atoms with Crippen molar-refractivity contribution in [3.63, 3.8) is 0 Å². The third-order valence-electron chi connectivity index (χ3n) is 6.06. The molecule has 10 atom stereocenters. The lowest BCUT2D eigenvalue weighted by Gasteiger charge is -2.46. The van der Waals surface area contributed by atoms with E-state index in [4.69, 9.17) is 27.2 Å². The monoisotopic (exact) mass is 604 g/mol. The smallest absolute Gasteiger partial charge is 0.314 e. The fraction of sp³-hybridized carbons (Fsp3) is 1.00. The zero-order valence-corrected chi connectivity index (χ0v) is 26.4. The lowest BCUT2D eigenvalue weighted by Crippen LogP contribution is -2.64. The van der Waals surface area contributed by atoms with Crippen molar-refractivity contribution in [1.29, 1.82) is 0 Å². The predicted molar refractivity (Wildman–Crippen MR) is 142 cm³/mol. The minimum absolute atomic E-state index is 0.178. The predicted octanol–water partition coefficient (Wildman–Crippen LogP) is -1.21. The van der Waals surface area contributed by atoms with Gasteiger partial charge in [-0.1, -0.05) is 0 Å². The third kappa shape index (κ3) is 9.61. The van der Waals surface area contributed by atoms with Gasteiger partial charge in [0, 0.05) is 6.61 Å². The van der Waals surface area contributed by atoms with Crippen molar-refractivity contribution in [1.82, 2.24) is 0 Å². The Balaban J connectivity index is 1.98. The summed E-state index contributed by atoms with van der Waals surface area (Å²) in [5, 5.41) is 70.8. The summed E-state index contributed by atoms with van der Waals surface area (Å²) >= 11 is 0. The number of hydrogen-bond acceptors (Lipinski definition) is 13. The molecule has 0 aromatic heterocycles. The van der Waals surface area contributed by atoms with Crippen LogP contribution in [0.25, 0.3) is 0 Å². The molecule has 2 aliphatic heterocycles. The molecule has 2 saturated heterocycles. The number of aliphatic hydroxyl groups is 7. The zero-order chi connectivity index (χ0) is 29.1. The van der Waals surface area contributed by atoms with Gasteiger partial charge in [-0.15, -0.1) is 0 Å². The summed E-state index contributed by atoms with van der Waals surface area (Å²) in [6.07, 6.45) is -14.2. The Morgan fingerprint density at radius 3 is 1.63 bits per heavy atom. The molecule has 0 spiro atoms. The summed E-state index contributed by atoms with van der Waals surface area (Å²) in [5.74, 6) is 0. The van der Waals surface area contributed by atoms with Crippen LogP contribution in [0.1, 0.15) is 6.42 Å². The molecule has 0 aromatic rings. The summed E-state index contributed by atoms with van der Waals surface area (Å²) in [6, 6.07) is 0.666. The van der Waals surface area contributed by atoms with Crippen LogP contribution in [0.3, 0.4) is 0 Å². The number of ether oxygens (including phenoxy) is 4. The number of aliphatic hydroxyl groups excluding tert-OH is 7. The fourth-order valence-corrected chi connectivity index (χ4v) is 17.2. The van der Waals surface area contributed by atoms with Crippen molar-refractivity contribution in [2.24, 2.45) is 0 Å². The molecule has 2 aliphatic rings. The molecule has 2 fully saturated rings. The molecule has 10 unspecified atom stereocenters. The largest absolute Gasteiger partial charge is 0.437 e. The van der Waals surface area contributed by atoms with Crippen LogP contribution < -0.4 is 0 Å². The van der Waals surface area contributed by atoms with Crippen LogP contribution in [0, 0.1) is 0 Å². The molecule has 38 heavy (non-hydrogen) atoms. The summed E-state index contributed by atoms with van der Waals surface area (Å²) < 4.78 is 35.2. The Bertz CT molecular complexity index is 702. The van der Waals surface area contributed by atoms with Gasteiger partial charge in [0.15, 0.2) is 29.2 Å². The Kier molecular flexibility index (Phi) is 12.5. The van der Waals surface area contributed by atoms with Gasteiger partial charge in [-0.3, -0.25) is 0 Å². The van der Waals surface area contributed by atoms with Gasteiger partial charge >= 0.3 is 8.56 Å². The van der Waals surface area contributed by atoms with Crippen LogP contribution in [0.4, 0.5) is 0 Å². The van der Waals surface area contributed by atoms with E-state index in [9.17, 15) is 35.7 Å². The quantitative estimate of drug-likeness (QED) is 0.0978. The van der Waals surface area contributed by atoms with Crippen LogP contribution in [-0.4, -0.2) is 142 Å². The van der Waals surface area contributed by atoms with E-state index in [1.165, 1.54) is 0 Å². The van der Waals surface area contributed by atoms with Gasteiger partial charge in [0.25, 0.3) is 0 Å². The van der Waals surface area contributed by atoms with Crippen LogP contribution in [-0.2, 0) is 27.2 Å². The van der Waals surface area contributed by atoms with E-state index in [-0.39, 0.29) is 6.61 Å². The van der Waals surface area contributed by atoms with Crippen LogP contribution in [0.15, 0.2) is 0 Å². The second kappa shape index (κ2) is 13.9. The third-order valence-corrected chi connectivity index (χ3v) is 15.7. The highest BCUT2D eigenvalue weighted by atomic mass is 28.5. The molecule has 2 heterocycles. The van der Waals surface area contributed by atoms with Crippen molar-refractivity contribution >= 4 is 25.2 Å². The molecule has 0 radical (unpaired) electrons. The molecule has 0 aromatic carbocycles. The van der Waals surface area contributed by atoms with Crippen LogP contribution in [0.2, 0.25) is 51.9 Å². The number of rotatable bonds is 13. The van der Waals surface area contributed by atoms with E-state index < -0.39 is 99.8 Å². The maximum atomic E-state index is 10.7. The summed E-state index contributed by atoms with van der Waals surface area (Å²) in [6.45, 7) is 13.7. The maximum Gasteiger partial charge on any atom is 0.314 e. The van der Waals surface area contributed by atoms with E-state index in [1.807, 2.05) is 0 Å². The van der Waals surface area contributed by atoms with Crippen molar-refractivity contribution in [3.05, 3.63) is 0 Å². The van der Waals surface area contributed by atoms with E-state index in [2.05, 4.69) is 45.8 Å². The first-order valence-electron chi connectivity index (χ1n) is 13.0. The van der Waals surface area contributed by atoms with Gasteiger partial charge in [-0.25, -0.2) is 0 Å². The molecule has 7 N–H and O–H groups in total. The van der Waals surface area contributed by atoms with Crippen molar-refractivity contribution in [2.75, 3.05) is 19.8 Å². The number of hydrogen-bond donors (Lipinski definition) is 7. The first kappa shape index (κ1) is 34.3. The van der Waals surface area contributed by atoms with Crippen molar-refractivity contribution in [3.8, 4) is 0 Å². The van der Waals surface area contributed by atoms with Crippen LogP contribution >= 0.6 is 0 Å². The molecular formula is C22H48O13Si3. The first-order valence-corrected chi connectivity index (χ1v) is 22.4. The average molecular weight is 605 g/mol. The normalized spacial score (nSPS) is 37.4. The lowest BCUT2D eigenvalue weighted by molar-refractivity contribution is -0.359. The summed E-state index contributed by atoms with van der Waals surface area (Å²) in [5.41, 5.74) is 0. The Labute approximate surface area is 227 Å². The Morgan fingerprint density at radius 1 is 0.632 bits per heavy atom. The molecule has 2 rings (SSSR count). The Morgan fingerprint density at radius 2 is 1.13 bits per heavy atom. The SMILES string of the molecule is C[Si](C)(C)O[Si](C)(CCCOC1OC(CO)C(OC2OC(CO)C(O)C(O)C2O)C(O)C1O)O[Si](C)(C)C. The minimum atomic E-state index is -2.48. The van der Waals surface area contributed by atoms with Gasteiger partial charge < -0.3 is 62.9 Å². The van der Waals surface area contributed by atoms with E-state index in [0.29, 0.717) is 12.5 Å². The lowest BCUT2D eigenvalue weighted by atomic mass is 9.97. The van der Waals surface area contributed by atoms with Crippen molar-refractivity contribution in [2.45, 2.75) is 120 Å². The van der Waals surface area contributed by atoms with Gasteiger partial charge in [0.2, 0.25) is 0 Å². The molecule has 0 bridgehead atoms. The highest BCUT2D eigenvalue weighted by molar-refractivity contribution is 6.87. The van der Waals surface area contributed by atoms with Crippen molar-refractivity contribution < 1.29 is 62.9 Å². The molecular weight excluding hydrogens is 556 g/mol. The molecule has 0 amide bonds. The minimum Gasteiger partial charge on any atom is -0.437 e. The molecule has 0 aliphatic carbocycles. The maximum absolute atomic E-state index is 10.7. The second-order valence-corrected chi connectivity index (χ2v) is 24.9. The Hall–Kier alpha value is 0.131. The van der Waals surface area contributed by atoms with Gasteiger partial charge in [0.05, 0.1) is 13.2 Å². The van der Waals surface area contributed by atoms with Gasteiger partial charge in [-0.2, -0.15) is 0 Å². The first-order chi connectivity index (χ1) is 17.4. The molecule has 226 valence electrons. The standard InChI is InChI=1S/C22H48O13Si3/c1-36(2,3)34-38(7,35-37(4,5)6)10-8-9-30-21-19(29)17(27)20(14(12-24)32-21)33-22-18(28)16(26)15(25)13(11-23)31-22/h13-29H,8-12H2,1-7H3. The summed E-state index contributed by atoms with van der Waals surface area (Å²) in [7, 11) is -6.20. The summed E-state index contributed by atoms with van der Waals surface area (Å²) in [4.78, 5) is 0. The van der Waals surface area contributed by atoms with Gasteiger partial charge in [-0.05, 0) is 58.3 Å². The average Bonchev–Trinajstić information content (AvgIpc) is 2.78. The highest BCUT2D eigenvalue weighted by Crippen LogP contribution is 2.30. The second-order valence-electron chi connectivity index (χ2n) is 12.0. The van der Waals surface area contributed by atoms with Gasteiger partial charge in [0.1, 0.15) is 48.8 Å². The highest BCUT2D eigenvalue weighted by Gasteiger charge is 2.50. The topological polar surface area (TPSA) is 197 Å². The fourth-order valence-electron chi connectivity index (χ4n) is 4.70. The zero-order valence-electron chi connectivity index (χ0n) is 23.4.